The van der Waals surface area contributed by atoms with Crippen molar-refractivity contribution in [2.45, 2.75) is 13.8 Å². The molecule has 15 heavy (non-hydrogen) atoms. The maximum atomic E-state index is 11.8. The first kappa shape index (κ1) is 9.92. The summed E-state index contributed by atoms with van der Waals surface area (Å²) in [6.45, 7) is 3.94. The fourth-order valence-corrected chi connectivity index (χ4v) is 1.69. The van der Waals surface area contributed by atoms with Crippen LogP contribution in [0.5, 0.6) is 0 Å². The molecule has 1 heterocycles. The van der Waals surface area contributed by atoms with Crippen LogP contribution in [0.1, 0.15) is 11.1 Å². The number of nitrogen functional groups attached to an aromatic ring is 1. The normalized spacial score (nSPS) is 10.8. The van der Waals surface area contributed by atoms with E-state index in [-0.39, 0.29) is 10.3 Å². The minimum absolute atomic E-state index is 0.232. The summed E-state index contributed by atoms with van der Waals surface area (Å²) >= 11 is 4.93. The predicted octanol–water partition coefficient (Wildman–Crippen LogP) is 1.39. The zero-order valence-corrected chi connectivity index (χ0v) is 9.31. The lowest BCUT2D eigenvalue weighted by molar-refractivity contribution is 0.891. The Labute approximate surface area is 91.3 Å². The zero-order chi connectivity index (χ0) is 11.2. The van der Waals surface area contributed by atoms with Crippen molar-refractivity contribution in [3.05, 3.63) is 38.4 Å². The van der Waals surface area contributed by atoms with E-state index in [0.29, 0.717) is 5.39 Å². The number of aryl methyl sites for hydroxylation is 2. The van der Waals surface area contributed by atoms with E-state index in [1.54, 1.807) is 0 Å². The van der Waals surface area contributed by atoms with Gasteiger partial charge in [-0.1, -0.05) is 0 Å². The summed E-state index contributed by atoms with van der Waals surface area (Å²) in [5.41, 5.74) is 2.64. The van der Waals surface area contributed by atoms with E-state index in [1.807, 2.05) is 26.0 Å². The van der Waals surface area contributed by atoms with Crippen LogP contribution in [0.15, 0.2) is 16.9 Å². The molecule has 0 amide bonds. The Morgan fingerprint density at radius 1 is 1.33 bits per heavy atom. The number of hydrogen-bond donors (Lipinski definition) is 2. The quantitative estimate of drug-likeness (QED) is 0.522. The van der Waals surface area contributed by atoms with Crippen LogP contribution in [0.4, 0.5) is 0 Å². The molecule has 3 N–H and O–H groups in total. The molecule has 0 radical (unpaired) electrons. The van der Waals surface area contributed by atoms with Crippen molar-refractivity contribution in [2.75, 3.05) is 5.84 Å². The summed E-state index contributed by atoms with van der Waals surface area (Å²) < 4.78 is 1.18. The van der Waals surface area contributed by atoms with Gasteiger partial charge in [0.2, 0.25) is 0 Å². The fourth-order valence-electron chi connectivity index (χ4n) is 1.49. The van der Waals surface area contributed by atoms with Crippen molar-refractivity contribution in [3.8, 4) is 0 Å². The number of nitrogens with zero attached hydrogens (tertiary/aromatic N) is 1. The third-order valence-electron chi connectivity index (χ3n) is 2.54. The van der Waals surface area contributed by atoms with Crippen LogP contribution in [0.25, 0.3) is 10.9 Å². The molecule has 1 aromatic carbocycles. The number of H-pyrrole nitrogens is 1. The standard InChI is InChI=1S/C10H11N3OS/c1-5-3-7-8(4-6(5)2)12-10(15)13(11)9(7)14/h3-4H,11H2,1-2H3,(H,12,15). The van der Waals surface area contributed by atoms with Crippen LogP contribution in [-0.2, 0) is 0 Å². The average molecular weight is 221 g/mol. The zero-order valence-electron chi connectivity index (χ0n) is 8.50. The van der Waals surface area contributed by atoms with E-state index in [4.69, 9.17) is 18.1 Å². The molecule has 4 nitrogen and oxygen atoms in total. The molecule has 0 spiro atoms. The number of nitrogens with two attached hydrogens (primary N) is 1. The molecule has 2 rings (SSSR count). The molecule has 5 heteroatoms. The number of aromatic amines is 1. The molecule has 0 unspecified atom stereocenters. The van der Waals surface area contributed by atoms with Gasteiger partial charge in [0.05, 0.1) is 10.9 Å². The van der Waals surface area contributed by atoms with Gasteiger partial charge >= 0.3 is 0 Å². The van der Waals surface area contributed by atoms with Gasteiger partial charge < -0.3 is 10.8 Å². The van der Waals surface area contributed by atoms with Gasteiger partial charge in [-0.25, -0.2) is 0 Å². The van der Waals surface area contributed by atoms with Crippen LogP contribution in [0.2, 0.25) is 0 Å². The number of fused-ring (bicyclic) bond motifs is 1. The lowest BCUT2D eigenvalue weighted by atomic mass is 10.1. The Hall–Kier alpha value is -1.62. The maximum Gasteiger partial charge on any atom is 0.280 e. The van der Waals surface area contributed by atoms with Crippen molar-refractivity contribution in [1.82, 2.24) is 9.66 Å². The van der Waals surface area contributed by atoms with Crippen molar-refractivity contribution < 1.29 is 0 Å². The molecule has 0 saturated heterocycles. The van der Waals surface area contributed by atoms with E-state index < -0.39 is 0 Å². The molecule has 0 bridgehead atoms. The van der Waals surface area contributed by atoms with Gasteiger partial charge in [0, 0.05) is 0 Å². The second kappa shape index (κ2) is 3.20. The molecule has 1 aromatic heterocycles. The first-order chi connectivity index (χ1) is 7.00. The van der Waals surface area contributed by atoms with Crippen molar-refractivity contribution >= 4 is 23.1 Å². The Kier molecular flexibility index (Phi) is 2.12. The van der Waals surface area contributed by atoms with Crippen LogP contribution < -0.4 is 11.4 Å². The monoisotopic (exact) mass is 221 g/mol. The largest absolute Gasteiger partial charge is 0.334 e. The SMILES string of the molecule is Cc1cc2[nH]c(=S)n(N)c(=O)c2cc1C. The highest BCUT2D eigenvalue weighted by atomic mass is 32.1. The fraction of sp³-hybridized carbons (Fsp3) is 0.200. The van der Waals surface area contributed by atoms with Crippen LogP contribution >= 0.6 is 12.2 Å². The molecule has 0 aliphatic heterocycles. The minimum Gasteiger partial charge on any atom is -0.334 e. The van der Waals surface area contributed by atoms with Gasteiger partial charge in [-0.15, -0.1) is 0 Å². The molecule has 2 aromatic rings. The molecule has 78 valence electrons. The maximum absolute atomic E-state index is 11.8. The average Bonchev–Trinajstić information content (AvgIpc) is 2.19. The first-order valence-electron chi connectivity index (χ1n) is 4.52. The van der Waals surface area contributed by atoms with E-state index >= 15 is 0 Å². The van der Waals surface area contributed by atoms with Crippen molar-refractivity contribution in [3.63, 3.8) is 0 Å². The predicted molar refractivity (Wildman–Crippen MR) is 63.0 cm³/mol. The molecule has 0 aliphatic carbocycles. The molecule has 0 aliphatic rings. The summed E-state index contributed by atoms with van der Waals surface area (Å²) in [5.74, 6) is 5.50. The molecule has 0 atom stereocenters. The molecule has 0 fully saturated rings. The van der Waals surface area contributed by atoms with Gasteiger partial charge in [0.1, 0.15) is 0 Å². The third kappa shape index (κ3) is 1.45. The van der Waals surface area contributed by atoms with Crippen molar-refractivity contribution in [2.24, 2.45) is 0 Å². The number of nitrogens with one attached hydrogen (secondary N) is 1. The van der Waals surface area contributed by atoms with Gasteiger partial charge in [0.25, 0.3) is 5.56 Å². The molecular weight excluding hydrogens is 210 g/mol. The number of hydrogen-bond acceptors (Lipinski definition) is 3. The van der Waals surface area contributed by atoms with Gasteiger partial charge in [0.15, 0.2) is 4.77 Å². The number of aromatic nitrogens is 2. The summed E-state index contributed by atoms with van der Waals surface area (Å²) in [4.78, 5) is 14.7. The minimum atomic E-state index is -0.267. The summed E-state index contributed by atoms with van der Waals surface area (Å²) in [7, 11) is 0. The number of benzene rings is 1. The Morgan fingerprint density at radius 2 is 1.93 bits per heavy atom. The topological polar surface area (TPSA) is 63.8 Å². The van der Waals surface area contributed by atoms with Crippen LogP contribution in [0.3, 0.4) is 0 Å². The van der Waals surface area contributed by atoms with Gasteiger partial charge in [-0.05, 0) is 49.3 Å². The molecular formula is C10H11N3OS. The highest BCUT2D eigenvalue weighted by Gasteiger charge is 2.04. The highest BCUT2D eigenvalue weighted by Crippen LogP contribution is 2.13. The van der Waals surface area contributed by atoms with E-state index in [0.717, 1.165) is 21.3 Å². The Morgan fingerprint density at radius 3 is 2.60 bits per heavy atom. The van der Waals surface area contributed by atoms with Gasteiger partial charge in [-0.3, -0.25) is 4.79 Å². The first-order valence-corrected chi connectivity index (χ1v) is 4.93. The van der Waals surface area contributed by atoms with Crippen molar-refractivity contribution in [1.29, 1.82) is 0 Å². The second-order valence-corrected chi connectivity index (χ2v) is 3.97. The lowest BCUT2D eigenvalue weighted by Gasteiger charge is -2.05. The highest BCUT2D eigenvalue weighted by molar-refractivity contribution is 7.71. The lowest BCUT2D eigenvalue weighted by Crippen LogP contribution is -2.28. The van der Waals surface area contributed by atoms with E-state index in [9.17, 15) is 4.79 Å². The second-order valence-electron chi connectivity index (χ2n) is 3.59. The Bertz CT molecular complexity index is 654. The number of rotatable bonds is 0. The summed E-state index contributed by atoms with van der Waals surface area (Å²) in [6.07, 6.45) is 0. The summed E-state index contributed by atoms with van der Waals surface area (Å²) in [6, 6.07) is 3.73. The van der Waals surface area contributed by atoms with E-state index in [2.05, 4.69) is 4.98 Å². The molecule has 0 saturated carbocycles. The Balaban J connectivity index is 3.07. The summed E-state index contributed by atoms with van der Waals surface area (Å²) in [5, 5.41) is 0.564. The van der Waals surface area contributed by atoms with Crippen LogP contribution in [0, 0.1) is 18.6 Å². The van der Waals surface area contributed by atoms with Gasteiger partial charge in [-0.2, -0.15) is 4.68 Å². The smallest absolute Gasteiger partial charge is 0.280 e. The van der Waals surface area contributed by atoms with Crippen LogP contribution in [-0.4, -0.2) is 9.66 Å². The third-order valence-corrected chi connectivity index (χ3v) is 2.84. The van der Waals surface area contributed by atoms with E-state index in [1.165, 1.54) is 0 Å².